The van der Waals surface area contributed by atoms with Crippen molar-refractivity contribution in [2.75, 3.05) is 6.61 Å². The third-order valence-corrected chi connectivity index (χ3v) is 2.58. The summed E-state index contributed by atoms with van der Waals surface area (Å²) in [6.45, 7) is 3.70. The van der Waals surface area contributed by atoms with Crippen molar-refractivity contribution in [3.05, 3.63) is 28.8 Å². The van der Waals surface area contributed by atoms with E-state index in [0.29, 0.717) is 16.7 Å². The van der Waals surface area contributed by atoms with Gasteiger partial charge >= 0.3 is 5.97 Å². The first-order valence-electron chi connectivity index (χ1n) is 5.81. The molecule has 2 rings (SSSR count). The van der Waals surface area contributed by atoms with Gasteiger partial charge in [-0.1, -0.05) is 25.4 Å². The van der Waals surface area contributed by atoms with Crippen molar-refractivity contribution in [3.63, 3.8) is 0 Å². The predicted octanol–water partition coefficient (Wildman–Crippen LogP) is 3.71. The molecule has 0 aromatic heterocycles. The largest absolute Gasteiger partial charge is 0.482 e. The Balaban J connectivity index is 0.000000686. The minimum absolute atomic E-state index is 0.304. The lowest BCUT2D eigenvalue weighted by Crippen LogP contribution is -2.10. The zero-order chi connectivity index (χ0) is 12.8. The summed E-state index contributed by atoms with van der Waals surface area (Å²) in [4.78, 5) is 10.4. The van der Waals surface area contributed by atoms with Crippen LogP contribution in [0.3, 0.4) is 0 Å². The van der Waals surface area contributed by atoms with Gasteiger partial charge in [-0.05, 0) is 42.5 Å². The summed E-state index contributed by atoms with van der Waals surface area (Å²) in [5.74, 6) is 0.170. The molecule has 0 aliphatic heterocycles. The van der Waals surface area contributed by atoms with Crippen LogP contribution in [0.1, 0.15) is 38.2 Å². The zero-order valence-corrected chi connectivity index (χ0v) is 10.8. The number of carboxylic acid groups (broad SMARTS) is 1. The van der Waals surface area contributed by atoms with Gasteiger partial charge in [0.25, 0.3) is 0 Å². The second-order valence-electron chi connectivity index (χ2n) is 3.64. The van der Waals surface area contributed by atoms with Crippen LogP contribution in [0.5, 0.6) is 5.75 Å². The molecule has 0 bridgehead atoms. The summed E-state index contributed by atoms with van der Waals surface area (Å²) in [6.07, 6.45) is 2.26. The fourth-order valence-electron chi connectivity index (χ4n) is 1.50. The van der Waals surface area contributed by atoms with E-state index in [4.69, 9.17) is 21.4 Å². The van der Waals surface area contributed by atoms with Crippen LogP contribution in [0.4, 0.5) is 0 Å². The lowest BCUT2D eigenvalue weighted by molar-refractivity contribution is -0.139. The number of rotatable bonds is 4. The van der Waals surface area contributed by atoms with Crippen molar-refractivity contribution >= 4 is 17.6 Å². The van der Waals surface area contributed by atoms with E-state index in [1.807, 2.05) is 19.9 Å². The molecule has 1 aromatic rings. The van der Waals surface area contributed by atoms with Crippen LogP contribution < -0.4 is 4.74 Å². The zero-order valence-electron chi connectivity index (χ0n) is 10.1. The highest BCUT2D eigenvalue weighted by Gasteiger charge is 2.27. The molecule has 1 aromatic carbocycles. The van der Waals surface area contributed by atoms with E-state index in [2.05, 4.69) is 0 Å². The number of hydrogen-bond donors (Lipinski definition) is 1. The third kappa shape index (κ3) is 4.27. The Morgan fingerprint density at radius 3 is 2.65 bits per heavy atom. The summed E-state index contributed by atoms with van der Waals surface area (Å²) in [5.41, 5.74) is 1.03. The molecule has 1 aliphatic carbocycles. The first kappa shape index (κ1) is 13.8. The molecule has 1 fully saturated rings. The van der Waals surface area contributed by atoms with Gasteiger partial charge in [-0.2, -0.15) is 0 Å². The molecule has 1 N–H and O–H groups in total. The van der Waals surface area contributed by atoms with Gasteiger partial charge in [-0.15, -0.1) is 0 Å². The summed E-state index contributed by atoms with van der Waals surface area (Å²) in [7, 11) is 0. The molecule has 94 valence electrons. The van der Waals surface area contributed by atoms with Gasteiger partial charge in [0.05, 0.1) is 0 Å². The van der Waals surface area contributed by atoms with E-state index in [-0.39, 0.29) is 6.61 Å². The predicted molar refractivity (Wildman–Crippen MR) is 67.9 cm³/mol. The highest BCUT2D eigenvalue weighted by atomic mass is 35.5. The number of hydrogen-bond acceptors (Lipinski definition) is 2. The van der Waals surface area contributed by atoms with Gasteiger partial charge in [-0.25, -0.2) is 4.79 Å². The van der Waals surface area contributed by atoms with Gasteiger partial charge < -0.3 is 9.84 Å². The lowest BCUT2D eigenvalue weighted by Gasteiger charge is -2.09. The molecule has 4 heteroatoms. The Kier molecular flexibility index (Phi) is 5.29. The second-order valence-corrected chi connectivity index (χ2v) is 4.08. The second kappa shape index (κ2) is 6.50. The Morgan fingerprint density at radius 2 is 2.12 bits per heavy atom. The molecule has 0 saturated heterocycles. The standard InChI is InChI=1S/C11H11ClO3.C2H6/c12-8-3-4-10(15-6-11(13)14)9(5-8)7-1-2-7;1-2/h3-5,7H,1-2,6H2,(H,13,14);1-2H3. The van der Waals surface area contributed by atoms with Gasteiger partial charge in [0, 0.05) is 5.02 Å². The van der Waals surface area contributed by atoms with Crippen molar-refractivity contribution in [2.45, 2.75) is 32.6 Å². The molecule has 0 amide bonds. The number of carbonyl (C=O) groups is 1. The molecule has 0 radical (unpaired) electrons. The van der Waals surface area contributed by atoms with Gasteiger partial charge in [0.15, 0.2) is 6.61 Å². The lowest BCUT2D eigenvalue weighted by atomic mass is 10.1. The maximum absolute atomic E-state index is 10.4. The summed E-state index contributed by atoms with van der Waals surface area (Å²) >= 11 is 5.88. The summed E-state index contributed by atoms with van der Waals surface area (Å²) in [5, 5.41) is 9.19. The number of benzene rings is 1. The molecule has 1 aliphatic rings. The fraction of sp³-hybridized carbons (Fsp3) is 0.462. The van der Waals surface area contributed by atoms with Crippen molar-refractivity contribution in [1.82, 2.24) is 0 Å². The van der Waals surface area contributed by atoms with Crippen molar-refractivity contribution in [1.29, 1.82) is 0 Å². The number of carboxylic acids is 1. The first-order chi connectivity index (χ1) is 8.16. The third-order valence-electron chi connectivity index (χ3n) is 2.34. The van der Waals surface area contributed by atoms with E-state index < -0.39 is 5.97 Å². The van der Waals surface area contributed by atoms with Crippen LogP contribution in [-0.4, -0.2) is 17.7 Å². The molecular weight excluding hydrogens is 240 g/mol. The van der Waals surface area contributed by atoms with E-state index in [9.17, 15) is 4.79 Å². The Labute approximate surface area is 106 Å². The molecule has 0 spiro atoms. The average molecular weight is 257 g/mol. The first-order valence-corrected chi connectivity index (χ1v) is 6.18. The van der Waals surface area contributed by atoms with Crippen LogP contribution in [-0.2, 0) is 4.79 Å². The molecular formula is C13H17ClO3. The Bertz CT molecular complexity index is 386. The van der Waals surface area contributed by atoms with Crippen LogP contribution in [0.25, 0.3) is 0 Å². The van der Waals surface area contributed by atoms with Crippen molar-refractivity contribution < 1.29 is 14.6 Å². The van der Waals surface area contributed by atoms with E-state index in [1.54, 1.807) is 12.1 Å². The molecule has 0 heterocycles. The highest BCUT2D eigenvalue weighted by Crippen LogP contribution is 2.45. The maximum Gasteiger partial charge on any atom is 0.341 e. The van der Waals surface area contributed by atoms with Crippen LogP contribution in [0.2, 0.25) is 5.02 Å². The van der Waals surface area contributed by atoms with E-state index in [0.717, 1.165) is 18.4 Å². The van der Waals surface area contributed by atoms with E-state index in [1.165, 1.54) is 0 Å². The number of aliphatic carboxylic acids is 1. The van der Waals surface area contributed by atoms with Crippen LogP contribution in [0, 0.1) is 0 Å². The van der Waals surface area contributed by atoms with E-state index >= 15 is 0 Å². The van der Waals surface area contributed by atoms with Gasteiger partial charge in [-0.3, -0.25) is 0 Å². The number of ether oxygens (including phenoxy) is 1. The molecule has 3 nitrogen and oxygen atoms in total. The minimum atomic E-state index is -0.966. The average Bonchev–Trinajstić information content (AvgIpc) is 3.14. The monoisotopic (exact) mass is 256 g/mol. The topological polar surface area (TPSA) is 46.5 Å². The maximum atomic E-state index is 10.4. The molecule has 17 heavy (non-hydrogen) atoms. The smallest absolute Gasteiger partial charge is 0.341 e. The Morgan fingerprint density at radius 1 is 1.47 bits per heavy atom. The van der Waals surface area contributed by atoms with Crippen LogP contribution >= 0.6 is 11.6 Å². The summed E-state index contributed by atoms with van der Waals surface area (Å²) < 4.78 is 5.20. The summed E-state index contributed by atoms with van der Waals surface area (Å²) in [6, 6.07) is 5.31. The minimum Gasteiger partial charge on any atom is -0.482 e. The quantitative estimate of drug-likeness (QED) is 0.893. The van der Waals surface area contributed by atoms with Crippen molar-refractivity contribution in [2.24, 2.45) is 0 Å². The molecule has 0 unspecified atom stereocenters. The normalized spacial score (nSPS) is 13.6. The molecule has 1 saturated carbocycles. The SMILES string of the molecule is CC.O=C(O)COc1ccc(Cl)cc1C1CC1. The van der Waals surface area contributed by atoms with Crippen molar-refractivity contribution in [3.8, 4) is 5.75 Å². The highest BCUT2D eigenvalue weighted by molar-refractivity contribution is 6.30. The van der Waals surface area contributed by atoms with Crippen LogP contribution in [0.15, 0.2) is 18.2 Å². The van der Waals surface area contributed by atoms with Gasteiger partial charge in [0.2, 0.25) is 0 Å². The molecule has 0 atom stereocenters. The van der Waals surface area contributed by atoms with Gasteiger partial charge in [0.1, 0.15) is 5.75 Å². The fourth-order valence-corrected chi connectivity index (χ4v) is 1.68. The number of halogens is 1. The Hall–Kier alpha value is -1.22.